The SMILES string of the molecule is C=CCCN1CCN(c2cnc(-c3ccc(C#N)cc3)nc2)C1=O. The molecule has 0 saturated carbocycles. The molecule has 1 aliphatic heterocycles. The molecule has 6 heteroatoms. The van der Waals surface area contributed by atoms with Crippen LogP contribution in [0.5, 0.6) is 0 Å². The molecule has 0 aliphatic carbocycles. The Morgan fingerprint density at radius 1 is 1.21 bits per heavy atom. The zero-order valence-electron chi connectivity index (χ0n) is 13.2. The Hall–Kier alpha value is -3.20. The molecule has 0 N–H and O–H groups in total. The second kappa shape index (κ2) is 6.92. The fourth-order valence-electron chi connectivity index (χ4n) is 2.58. The van der Waals surface area contributed by atoms with Gasteiger partial charge in [-0.15, -0.1) is 6.58 Å². The number of rotatable bonds is 5. The molecule has 1 saturated heterocycles. The van der Waals surface area contributed by atoms with E-state index in [1.165, 1.54) is 0 Å². The fraction of sp³-hybridized carbons (Fsp3) is 0.222. The minimum atomic E-state index is -0.0217. The number of carbonyl (C=O) groups excluding carboxylic acids is 1. The molecule has 24 heavy (non-hydrogen) atoms. The van der Waals surface area contributed by atoms with Gasteiger partial charge in [0.2, 0.25) is 0 Å². The zero-order chi connectivity index (χ0) is 16.9. The lowest BCUT2D eigenvalue weighted by Crippen LogP contribution is -2.32. The number of anilines is 1. The van der Waals surface area contributed by atoms with Crippen molar-refractivity contribution in [3.8, 4) is 17.5 Å². The van der Waals surface area contributed by atoms with Crippen molar-refractivity contribution in [2.24, 2.45) is 0 Å². The molecule has 1 aliphatic rings. The standard InChI is InChI=1S/C18H17N5O/c1-2-3-8-22-9-10-23(18(22)24)16-12-20-17(21-13-16)15-6-4-14(11-19)5-7-15/h2,4-7,12-13H,1,3,8-10H2. The predicted molar refractivity (Wildman–Crippen MR) is 91.3 cm³/mol. The minimum absolute atomic E-state index is 0.0217. The first kappa shape index (κ1) is 15.7. The molecule has 1 fully saturated rings. The van der Waals surface area contributed by atoms with Crippen molar-refractivity contribution in [3.05, 3.63) is 54.9 Å². The quantitative estimate of drug-likeness (QED) is 0.794. The highest BCUT2D eigenvalue weighted by molar-refractivity contribution is 5.93. The number of nitrogens with zero attached hydrogens (tertiary/aromatic N) is 5. The van der Waals surface area contributed by atoms with E-state index < -0.39 is 0 Å². The maximum absolute atomic E-state index is 12.4. The summed E-state index contributed by atoms with van der Waals surface area (Å²) in [4.78, 5) is 24.6. The van der Waals surface area contributed by atoms with Crippen LogP contribution in [0.2, 0.25) is 0 Å². The van der Waals surface area contributed by atoms with Crippen LogP contribution in [0.15, 0.2) is 49.3 Å². The molecule has 0 unspecified atom stereocenters. The fourth-order valence-corrected chi connectivity index (χ4v) is 2.58. The summed E-state index contributed by atoms with van der Waals surface area (Å²) in [6, 6.07) is 9.14. The van der Waals surface area contributed by atoms with Crippen molar-refractivity contribution in [1.29, 1.82) is 5.26 Å². The lowest BCUT2D eigenvalue weighted by Gasteiger charge is -2.17. The number of amides is 2. The van der Waals surface area contributed by atoms with Gasteiger partial charge >= 0.3 is 6.03 Å². The van der Waals surface area contributed by atoms with Gasteiger partial charge in [0.1, 0.15) is 0 Å². The normalized spacial score (nSPS) is 13.9. The minimum Gasteiger partial charge on any atom is -0.322 e. The second-order valence-corrected chi connectivity index (χ2v) is 5.45. The third-order valence-corrected chi connectivity index (χ3v) is 3.92. The lowest BCUT2D eigenvalue weighted by molar-refractivity contribution is 0.221. The maximum Gasteiger partial charge on any atom is 0.324 e. The van der Waals surface area contributed by atoms with Crippen molar-refractivity contribution in [2.45, 2.75) is 6.42 Å². The number of urea groups is 1. The Balaban J connectivity index is 1.74. The van der Waals surface area contributed by atoms with Gasteiger partial charge in [-0.3, -0.25) is 4.90 Å². The van der Waals surface area contributed by atoms with Crippen LogP contribution in [0.4, 0.5) is 10.5 Å². The van der Waals surface area contributed by atoms with Gasteiger partial charge in [0.25, 0.3) is 0 Å². The second-order valence-electron chi connectivity index (χ2n) is 5.45. The zero-order valence-corrected chi connectivity index (χ0v) is 13.2. The van der Waals surface area contributed by atoms with Gasteiger partial charge in [-0.05, 0) is 30.7 Å². The monoisotopic (exact) mass is 319 g/mol. The maximum atomic E-state index is 12.4. The van der Waals surface area contributed by atoms with Crippen LogP contribution in [0.1, 0.15) is 12.0 Å². The van der Waals surface area contributed by atoms with Gasteiger partial charge in [-0.1, -0.05) is 6.08 Å². The van der Waals surface area contributed by atoms with Crippen LogP contribution in [-0.2, 0) is 0 Å². The summed E-state index contributed by atoms with van der Waals surface area (Å²) in [5.41, 5.74) is 2.12. The van der Waals surface area contributed by atoms with Crippen molar-refractivity contribution < 1.29 is 4.79 Å². The molecule has 2 amide bonds. The molecule has 0 atom stereocenters. The van der Waals surface area contributed by atoms with Gasteiger partial charge in [0.05, 0.1) is 29.7 Å². The van der Waals surface area contributed by atoms with Crippen LogP contribution >= 0.6 is 0 Å². The van der Waals surface area contributed by atoms with E-state index in [2.05, 4.69) is 22.6 Å². The number of aromatic nitrogens is 2. The van der Waals surface area contributed by atoms with E-state index in [-0.39, 0.29) is 6.03 Å². The van der Waals surface area contributed by atoms with Crippen LogP contribution in [-0.4, -0.2) is 40.5 Å². The number of hydrogen-bond acceptors (Lipinski definition) is 4. The topological polar surface area (TPSA) is 73.1 Å². The third-order valence-electron chi connectivity index (χ3n) is 3.92. The summed E-state index contributed by atoms with van der Waals surface area (Å²) in [7, 11) is 0. The summed E-state index contributed by atoms with van der Waals surface area (Å²) < 4.78 is 0. The largest absolute Gasteiger partial charge is 0.324 e. The number of carbonyl (C=O) groups is 1. The molecule has 2 heterocycles. The average molecular weight is 319 g/mol. The predicted octanol–water partition coefficient (Wildman–Crippen LogP) is 2.83. The van der Waals surface area contributed by atoms with Crippen molar-refractivity contribution in [2.75, 3.05) is 24.5 Å². The Bertz CT molecular complexity index is 777. The first-order valence-corrected chi connectivity index (χ1v) is 7.73. The highest BCUT2D eigenvalue weighted by Gasteiger charge is 2.29. The van der Waals surface area contributed by atoms with E-state index in [9.17, 15) is 4.79 Å². The molecular formula is C18H17N5O. The molecule has 2 aromatic rings. The highest BCUT2D eigenvalue weighted by Crippen LogP contribution is 2.21. The van der Waals surface area contributed by atoms with Gasteiger partial charge < -0.3 is 4.90 Å². The summed E-state index contributed by atoms with van der Waals surface area (Å²) in [6.07, 6.45) is 5.92. The van der Waals surface area contributed by atoms with Gasteiger partial charge in [0.15, 0.2) is 5.82 Å². The van der Waals surface area contributed by atoms with E-state index >= 15 is 0 Å². The number of hydrogen-bond donors (Lipinski definition) is 0. The van der Waals surface area contributed by atoms with Crippen molar-refractivity contribution in [3.63, 3.8) is 0 Å². The molecule has 1 aromatic carbocycles. The Kier molecular flexibility index (Phi) is 4.52. The Morgan fingerprint density at radius 2 is 1.92 bits per heavy atom. The van der Waals surface area contributed by atoms with E-state index in [1.54, 1.807) is 34.3 Å². The van der Waals surface area contributed by atoms with Crippen LogP contribution in [0.25, 0.3) is 11.4 Å². The molecule has 0 spiro atoms. The molecule has 1 aromatic heterocycles. The summed E-state index contributed by atoms with van der Waals surface area (Å²) in [5, 5.41) is 8.83. The van der Waals surface area contributed by atoms with Gasteiger partial charge in [-0.25, -0.2) is 14.8 Å². The summed E-state index contributed by atoms with van der Waals surface area (Å²) in [6.45, 7) is 5.70. The first-order chi connectivity index (χ1) is 11.7. The molecule has 6 nitrogen and oxygen atoms in total. The third kappa shape index (κ3) is 3.10. The number of nitriles is 1. The van der Waals surface area contributed by atoms with Crippen molar-refractivity contribution >= 4 is 11.7 Å². The van der Waals surface area contributed by atoms with E-state index in [0.29, 0.717) is 36.7 Å². The van der Waals surface area contributed by atoms with E-state index in [0.717, 1.165) is 12.0 Å². The Morgan fingerprint density at radius 3 is 2.54 bits per heavy atom. The summed E-state index contributed by atoms with van der Waals surface area (Å²) >= 11 is 0. The molecule has 120 valence electrons. The first-order valence-electron chi connectivity index (χ1n) is 7.73. The molecule has 3 rings (SSSR count). The average Bonchev–Trinajstić information content (AvgIpc) is 3.01. The van der Waals surface area contributed by atoms with Crippen LogP contribution in [0, 0.1) is 11.3 Å². The van der Waals surface area contributed by atoms with E-state index in [4.69, 9.17) is 5.26 Å². The molecule has 0 bridgehead atoms. The van der Waals surface area contributed by atoms with Crippen LogP contribution < -0.4 is 4.90 Å². The number of benzene rings is 1. The lowest BCUT2D eigenvalue weighted by atomic mass is 10.1. The van der Waals surface area contributed by atoms with E-state index in [1.807, 2.05) is 18.2 Å². The molecule has 0 radical (unpaired) electrons. The highest BCUT2D eigenvalue weighted by atomic mass is 16.2. The van der Waals surface area contributed by atoms with Crippen molar-refractivity contribution in [1.82, 2.24) is 14.9 Å². The van der Waals surface area contributed by atoms with Gasteiger partial charge in [0, 0.05) is 25.2 Å². The van der Waals surface area contributed by atoms with Crippen LogP contribution in [0.3, 0.4) is 0 Å². The smallest absolute Gasteiger partial charge is 0.322 e. The Labute approximate surface area is 140 Å². The molecular weight excluding hydrogens is 302 g/mol. The summed E-state index contributed by atoms with van der Waals surface area (Å²) in [5.74, 6) is 0.568. The van der Waals surface area contributed by atoms with Gasteiger partial charge in [-0.2, -0.15) is 5.26 Å².